The third kappa shape index (κ3) is 3.44. The second-order valence-corrected chi connectivity index (χ2v) is 6.45. The van der Waals surface area contributed by atoms with Crippen LogP contribution in [0.5, 0.6) is 0 Å². The van der Waals surface area contributed by atoms with Crippen molar-refractivity contribution >= 4 is 10.0 Å². The van der Waals surface area contributed by atoms with Crippen LogP contribution in [-0.4, -0.2) is 48.5 Å². The van der Waals surface area contributed by atoms with Crippen LogP contribution >= 0.6 is 0 Å². The van der Waals surface area contributed by atoms with E-state index >= 15 is 0 Å². The Morgan fingerprint density at radius 2 is 2.20 bits per heavy atom. The van der Waals surface area contributed by atoms with Crippen molar-refractivity contribution in [3.63, 3.8) is 0 Å². The zero-order valence-corrected chi connectivity index (χ0v) is 12.1. The van der Waals surface area contributed by atoms with Crippen LogP contribution in [0.3, 0.4) is 0 Å². The molecule has 0 amide bonds. The average molecular weight is 299 g/mol. The van der Waals surface area contributed by atoms with Gasteiger partial charge >= 0.3 is 0 Å². The summed E-state index contributed by atoms with van der Waals surface area (Å²) >= 11 is 0. The van der Waals surface area contributed by atoms with Gasteiger partial charge in [-0.05, 0) is 12.1 Å². The minimum Gasteiger partial charge on any atom is -0.447 e. The maximum atomic E-state index is 11.8. The quantitative estimate of drug-likeness (QED) is 0.696. The monoisotopic (exact) mass is 299 g/mol. The molecule has 0 saturated carbocycles. The Morgan fingerprint density at radius 1 is 1.40 bits per heavy atom. The summed E-state index contributed by atoms with van der Waals surface area (Å²) in [7, 11) is -0.576. The predicted octanol–water partition coefficient (Wildman–Crippen LogP) is -0.0197. The Bertz CT molecular complexity index is 633. The molecular formula is C11H17N5O3S. The minimum atomic E-state index is -3.51. The smallest absolute Gasteiger partial charge is 0.275 e. The van der Waals surface area contributed by atoms with Crippen LogP contribution in [-0.2, 0) is 23.0 Å². The van der Waals surface area contributed by atoms with E-state index in [1.165, 1.54) is 26.5 Å². The molecule has 0 aliphatic heterocycles. The lowest BCUT2D eigenvalue weighted by Crippen LogP contribution is -2.21. The molecule has 2 aromatic heterocycles. The van der Waals surface area contributed by atoms with Gasteiger partial charge in [0.2, 0.25) is 5.09 Å². The van der Waals surface area contributed by atoms with Gasteiger partial charge in [0.15, 0.2) is 0 Å². The highest BCUT2D eigenvalue weighted by Gasteiger charge is 2.21. The molecule has 0 saturated heterocycles. The first-order chi connectivity index (χ1) is 9.50. The largest absolute Gasteiger partial charge is 0.447 e. The van der Waals surface area contributed by atoms with Gasteiger partial charge in [-0.3, -0.25) is 5.10 Å². The molecular weight excluding hydrogens is 282 g/mol. The fourth-order valence-electron chi connectivity index (χ4n) is 1.54. The molecule has 0 aliphatic carbocycles. The van der Waals surface area contributed by atoms with Gasteiger partial charge in [0.05, 0.1) is 6.54 Å². The van der Waals surface area contributed by atoms with Crippen LogP contribution in [0.15, 0.2) is 28.0 Å². The van der Waals surface area contributed by atoms with Gasteiger partial charge in [-0.15, -0.1) is 0 Å². The van der Waals surface area contributed by atoms with Crippen molar-refractivity contribution in [1.29, 1.82) is 0 Å². The van der Waals surface area contributed by atoms with Crippen LogP contribution in [0.1, 0.15) is 11.6 Å². The van der Waals surface area contributed by atoms with E-state index in [0.717, 1.165) is 10.1 Å². The zero-order chi connectivity index (χ0) is 14.6. The summed E-state index contributed by atoms with van der Waals surface area (Å²) < 4.78 is 30.1. The van der Waals surface area contributed by atoms with Gasteiger partial charge in [0, 0.05) is 27.1 Å². The van der Waals surface area contributed by atoms with Crippen molar-refractivity contribution in [2.45, 2.75) is 18.1 Å². The molecule has 2 heterocycles. The Balaban J connectivity index is 1.84. The van der Waals surface area contributed by atoms with Crippen molar-refractivity contribution in [3.8, 4) is 0 Å². The van der Waals surface area contributed by atoms with Crippen molar-refractivity contribution in [1.82, 2.24) is 24.8 Å². The molecule has 0 spiro atoms. The van der Waals surface area contributed by atoms with Crippen LogP contribution in [0.25, 0.3) is 0 Å². The molecule has 0 aliphatic rings. The zero-order valence-electron chi connectivity index (χ0n) is 11.3. The lowest BCUT2D eigenvalue weighted by Gasteiger charge is -2.07. The SMILES string of the molecule is CN(C)S(=O)(=O)c1ccc(CNCCc2ncn[nH]2)o1. The number of sulfonamides is 1. The lowest BCUT2D eigenvalue weighted by molar-refractivity contribution is 0.389. The van der Waals surface area contributed by atoms with Crippen LogP contribution < -0.4 is 5.32 Å². The molecule has 2 N–H and O–H groups in total. The second-order valence-electron chi connectivity index (χ2n) is 4.37. The molecule has 8 nitrogen and oxygen atoms in total. The van der Waals surface area contributed by atoms with E-state index in [4.69, 9.17) is 4.42 Å². The normalized spacial score (nSPS) is 12.2. The molecule has 110 valence electrons. The number of furan rings is 1. The van der Waals surface area contributed by atoms with Crippen molar-refractivity contribution < 1.29 is 12.8 Å². The fraction of sp³-hybridized carbons (Fsp3) is 0.455. The summed E-state index contributed by atoms with van der Waals surface area (Å²) in [6, 6.07) is 3.11. The standard InChI is InChI=1S/C11H17N5O3S/c1-16(2)20(17,18)11-4-3-9(19-11)7-12-6-5-10-13-8-14-15-10/h3-4,8,12H,5-7H2,1-2H3,(H,13,14,15). The van der Waals surface area contributed by atoms with E-state index < -0.39 is 10.0 Å². The van der Waals surface area contributed by atoms with Gasteiger partial charge in [0.1, 0.15) is 17.9 Å². The fourth-order valence-corrected chi connectivity index (χ4v) is 2.35. The maximum absolute atomic E-state index is 11.8. The number of nitrogens with zero attached hydrogens (tertiary/aromatic N) is 3. The summed E-state index contributed by atoms with van der Waals surface area (Å²) in [5.41, 5.74) is 0. The topological polar surface area (TPSA) is 104 Å². The highest BCUT2D eigenvalue weighted by atomic mass is 32.2. The Labute approximate surface area is 117 Å². The number of hydrogen-bond donors (Lipinski definition) is 2. The highest BCUT2D eigenvalue weighted by molar-refractivity contribution is 7.88. The molecule has 0 bridgehead atoms. The third-order valence-electron chi connectivity index (χ3n) is 2.67. The molecule has 9 heteroatoms. The van der Waals surface area contributed by atoms with Crippen LogP contribution in [0.2, 0.25) is 0 Å². The highest BCUT2D eigenvalue weighted by Crippen LogP contribution is 2.16. The summed E-state index contributed by atoms with van der Waals surface area (Å²) in [6.07, 6.45) is 2.17. The van der Waals surface area contributed by atoms with Crippen LogP contribution in [0.4, 0.5) is 0 Å². The molecule has 0 aromatic carbocycles. The predicted molar refractivity (Wildman–Crippen MR) is 71.4 cm³/mol. The molecule has 20 heavy (non-hydrogen) atoms. The number of aromatic amines is 1. The molecule has 2 aromatic rings. The van der Waals surface area contributed by atoms with Crippen molar-refractivity contribution in [2.24, 2.45) is 0 Å². The van der Waals surface area contributed by atoms with Gasteiger partial charge in [0.25, 0.3) is 10.0 Å². The first-order valence-electron chi connectivity index (χ1n) is 6.06. The summed E-state index contributed by atoms with van der Waals surface area (Å²) in [5, 5.41) is 9.61. The Morgan fingerprint density at radius 3 is 2.85 bits per heavy atom. The van der Waals surface area contributed by atoms with Gasteiger partial charge in [-0.1, -0.05) is 0 Å². The van der Waals surface area contributed by atoms with Gasteiger partial charge in [-0.25, -0.2) is 17.7 Å². The summed E-state index contributed by atoms with van der Waals surface area (Å²) in [5.74, 6) is 1.37. The number of hydrogen-bond acceptors (Lipinski definition) is 6. The number of rotatable bonds is 7. The first kappa shape index (κ1) is 14.7. The first-order valence-corrected chi connectivity index (χ1v) is 7.50. The van der Waals surface area contributed by atoms with E-state index in [1.807, 2.05) is 0 Å². The molecule has 0 radical (unpaired) electrons. The minimum absolute atomic E-state index is 0.0467. The van der Waals surface area contributed by atoms with E-state index in [0.29, 0.717) is 25.3 Å². The second kappa shape index (κ2) is 6.16. The lowest BCUT2D eigenvalue weighted by atomic mass is 10.4. The summed E-state index contributed by atoms with van der Waals surface area (Å²) in [4.78, 5) is 4.00. The Hall–Kier alpha value is -1.71. The van der Waals surface area contributed by atoms with Crippen molar-refractivity contribution in [3.05, 3.63) is 30.0 Å². The number of nitrogens with one attached hydrogen (secondary N) is 2. The van der Waals surface area contributed by atoms with Crippen LogP contribution in [0, 0.1) is 0 Å². The molecule has 0 atom stereocenters. The Kier molecular flexibility index (Phi) is 4.53. The van der Waals surface area contributed by atoms with Gasteiger partial charge in [-0.2, -0.15) is 5.10 Å². The number of aromatic nitrogens is 3. The maximum Gasteiger partial charge on any atom is 0.275 e. The number of H-pyrrole nitrogens is 1. The van der Waals surface area contributed by atoms with E-state index in [-0.39, 0.29) is 5.09 Å². The summed E-state index contributed by atoms with van der Waals surface area (Å²) in [6.45, 7) is 1.14. The average Bonchev–Trinajstić information content (AvgIpc) is 3.06. The van der Waals surface area contributed by atoms with E-state index in [2.05, 4.69) is 20.5 Å². The van der Waals surface area contributed by atoms with E-state index in [9.17, 15) is 8.42 Å². The van der Waals surface area contributed by atoms with Crippen molar-refractivity contribution in [2.75, 3.05) is 20.6 Å². The molecule has 0 unspecified atom stereocenters. The van der Waals surface area contributed by atoms with Gasteiger partial charge < -0.3 is 9.73 Å². The molecule has 0 fully saturated rings. The van der Waals surface area contributed by atoms with E-state index in [1.54, 1.807) is 6.07 Å². The molecule has 2 rings (SSSR count). The third-order valence-corrected chi connectivity index (χ3v) is 4.36.